The first-order valence-corrected chi connectivity index (χ1v) is 8.47. The summed E-state index contributed by atoms with van der Waals surface area (Å²) in [6.07, 6.45) is 0.642. The van der Waals surface area contributed by atoms with Gasteiger partial charge < -0.3 is 14.2 Å². The van der Waals surface area contributed by atoms with E-state index in [9.17, 15) is 9.59 Å². The fourth-order valence-electron chi connectivity index (χ4n) is 2.19. The van der Waals surface area contributed by atoms with Gasteiger partial charge in [-0.05, 0) is 36.2 Å². The molecule has 2 rings (SSSR count). The highest BCUT2D eigenvalue weighted by Crippen LogP contribution is 2.23. The van der Waals surface area contributed by atoms with Crippen LogP contribution in [0.2, 0.25) is 0 Å². The summed E-state index contributed by atoms with van der Waals surface area (Å²) in [7, 11) is 3.14. The van der Waals surface area contributed by atoms with Gasteiger partial charge in [-0.2, -0.15) is 0 Å². The molecule has 2 aromatic carbocycles. The Balaban J connectivity index is 1.84. The lowest BCUT2D eigenvalue weighted by molar-refractivity contribution is -0.142. The van der Waals surface area contributed by atoms with Crippen molar-refractivity contribution in [3.8, 4) is 11.5 Å². The molecule has 0 bridgehead atoms. The van der Waals surface area contributed by atoms with Gasteiger partial charge in [-0.1, -0.05) is 28.1 Å². The minimum absolute atomic E-state index is 0.171. The van der Waals surface area contributed by atoms with Gasteiger partial charge in [0.1, 0.15) is 11.5 Å². The molecule has 132 valence electrons. The molecule has 0 aliphatic carbocycles. The molecule has 0 saturated heterocycles. The van der Waals surface area contributed by atoms with E-state index in [2.05, 4.69) is 15.9 Å². The van der Waals surface area contributed by atoms with E-state index >= 15 is 0 Å². The molecule has 0 atom stereocenters. The van der Waals surface area contributed by atoms with Crippen molar-refractivity contribution >= 4 is 27.7 Å². The number of ketones is 1. The predicted molar refractivity (Wildman–Crippen MR) is 97.3 cm³/mol. The smallest absolute Gasteiger partial charge is 0.306 e. The summed E-state index contributed by atoms with van der Waals surface area (Å²) < 4.78 is 16.3. The molecular formula is C19H19BrO5. The van der Waals surface area contributed by atoms with E-state index in [-0.39, 0.29) is 18.8 Å². The Morgan fingerprint density at radius 3 is 2.12 bits per heavy atom. The lowest BCUT2D eigenvalue weighted by atomic mass is 10.1. The number of carbonyl (C=O) groups is 2. The molecule has 2 aromatic rings. The SMILES string of the molecule is COc1cc(CCC(=O)OCC(=O)c2ccc(Br)cc2)cc(OC)c1. The second-order valence-electron chi connectivity index (χ2n) is 5.31. The zero-order valence-electron chi connectivity index (χ0n) is 14.1. The van der Waals surface area contributed by atoms with Gasteiger partial charge in [-0.25, -0.2) is 0 Å². The Morgan fingerprint density at radius 1 is 0.960 bits per heavy atom. The molecule has 5 nitrogen and oxygen atoms in total. The van der Waals surface area contributed by atoms with Gasteiger partial charge >= 0.3 is 5.97 Å². The number of rotatable bonds is 8. The summed E-state index contributed by atoms with van der Waals surface area (Å²) in [5, 5.41) is 0. The summed E-state index contributed by atoms with van der Waals surface area (Å²) >= 11 is 3.31. The third-order valence-electron chi connectivity index (χ3n) is 3.56. The van der Waals surface area contributed by atoms with E-state index in [1.807, 2.05) is 12.1 Å². The fourth-order valence-corrected chi connectivity index (χ4v) is 2.46. The predicted octanol–water partition coefficient (Wildman–Crippen LogP) is 3.83. The number of hydrogen-bond donors (Lipinski definition) is 0. The Labute approximate surface area is 155 Å². The van der Waals surface area contributed by atoms with Crippen molar-refractivity contribution in [2.45, 2.75) is 12.8 Å². The summed E-state index contributed by atoms with van der Waals surface area (Å²) in [5.74, 6) is 0.664. The number of ether oxygens (including phenoxy) is 3. The number of benzene rings is 2. The molecular weight excluding hydrogens is 388 g/mol. The Kier molecular flexibility index (Phi) is 7.01. The number of esters is 1. The summed E-state index contributed by atoms with van der Waals surface area (Å²) in [4.78, 5) is 23.8. The van der Waals surface area contributed by atoms with E-state index in [4.69, 9.17) is 14.2 Å². The average Bonchev–Trinajstić information content (AvgIpc) is 2.64. The molecule has 25 heavy (non-hydrogen) atoms. The molecule has 6 heteroatoms. The maximum Gasteiger partial charge on any atom is 0.306 e. The van der Waals surface area contributed by atoms with E-state index in [0.29, 0.717) is 23.5 Å². The van der Waals surface area contributed by atoms with Crippen LogP contribution in [0.3, 0.4) is 0 Å². The largest absolute Gasteiger partial charge is 0.497 e. The molecule has 0 aromatic heterocycles. The van der Waals surface area contributed by atoms with Crippen LogP contribution >= 0.6 is 15.9 Å². The lowest BCUT2D eigenvalue weighted by Crippen LogP contribution is -2.14. The van der Waals surface area contributed by atoms with Crippen LogP contribution in [0.25, 0.3) is 0 Å². The van der Waals surface area contributed by atoms with Gasteiger partial charge in [0.15, 0.2) is 12.4 Å². The zero-order valence-corrected chi connectivity index (χ0v) is 15.7. The van der Waals surface area contributed by atoms with Gasteiger partial charge in [0.2, 0.25) is 0 Å². The van der Waals surface area contributed by atoms with E-state index in [1.165, 1.54) is 0 Å². The van der Waals surface area contributed by atoms with Crippen molar-refractivity contribution in [3.63, 3.8) is 0 Å². The standard InChI is InChI=1S/C19H19BrO5/c1-23-16-9-13(10-17(11-16)24-2)3-8-19(22)25-12-18(21)14-4-6-15(20)7-5-14/h4-7,9-11H,3,8,12H2,1-2H3. The third kappa shape index (κ3) is 5.90. The van der Waals surface area contributed by atoms with E-state index in [0.717, 1.165) is 10.0 Å². The summed E-state index contributed by atoms with van der Waals surface area (Å²) in [5.41, 5.74) is 1.40. The minimum atomic E-state index is -0.424. The van der Waals surface area contributed by atoms with Crippen LogP contribution in [0, 0.1) is 0 Å². The Morgan fingerprint density at radius 2 is 1.56 bits per heavy atom. The number of aryl methyl sites for hydroxylation is 1. The maximum absolute atomic E-state index is 12.0. The number of Topliss-reactive ketones (excluding diaryl/α,β-unsaturated/α-hetero) is 1. The highest BCUT2D eigenvalue weighted by molar-refractivity contribution is 9.10. The molecule has 0 radical (unpaired) electrons. The average molecular weight is 407 g/mol. The first-order chi connectivity index (χ1) is 12.0. The van der Waals surface area contributed by atoms with Crippen molar-refractivity contribution in [3.05, 3.63) is 58.1 Å². The van der Waals surface area contributed by atoms with Crippen LogP contribution < -0.4 is 9.47 Å². The second-order valence-corrected chi connectivity index (χ2v) is 6.23. The number of hydrogen-bond acceptors (Lipinski definition) is 5. The highest BCUT2D eigenvalue weighted by Gasteiger charge is 2.11. The van der Waals surface area contributed by atoms with Crippen LogP contribution in [0.15, 0.2) is 46.9 Å². The quantitative estimate of drug-likeness (QED) is 0.492. The van der Waals surface area contributed by atoms with Gasteiger partial charge in [0.25, 0.3) is 0 Å². The second kappa shape index (κ2) is 9.22. The zero-order chi connectivity index (χ0) is 18.2. The van der Waals surface area contributed by atoms with E-state index in [1.54, 1.807) is 44.6 Å². The monoisotopic (exact) mass is 406 g/mol. The first kappa shape index (κ1) is 19.0. The summed E-state index contributed by atoms with van der Waals surface area (Å²) in [6.45, 7) is -0.262. The Hall–Kier alpha value is -2.34. The molecule has 0 spiro atoms. The number of halogens is 1. The van der Waals surface area contributed by atoms with Gasteiger partial charge in [-0.15, -0.1) is 0 Å². The third-order valence-corrected chi connectivity index (χ3v) is 4.09. The van der Waals surface area contributed by atoms with Crippen LogP contribution in [0.1, 0.15) is 22.3 Å². The first-order valence-electron chi connectivity index (χ1n) is 7.68. The molecule has 0 N–H and O–H groups in total. The maximum atomic E-state index is 12.0. The van der Waals surface area contributed by atoms with Crippen molar-refractivity contribution in [2.24, 2.45) is 0 Å². The van der Waals surface area contributed by atoms with Crippen LogP contribution in [-0.4, -0.2) is 32.6 Å². The van der Waals surface area contributed by atoms with Crippen molar-refractivity contribution in [1.82, 2.24) is 0 Å². The molecule has 0 fully saturated rings. The Bertz CT molecular complexity index is 718. The normalized spacial score (nSPS) is 10.2. The van der Waals surface area contributed by atoms with Crippen LogP contribution in [-0.2, 0) is 16.0 Å². The molecule has 0 saturated carbocycles. The van der Waals surface area contributed by atoms with E-state index < -0.39 is 5.97 Å². The van der Waals surface area contributed by atoms with Crippen LogP contribution in [0.4, 0.5) is 0 Å². The number of methoxy groups -OCH3 is 2. The highest BCUT2D eigenvalue weighted by atomic mass is 79.9. The van der Waals surface area contributed by atoms with Gasteiger partial charge in [-0.3, -0.25) is 9.59 Å². The minimum Gasteiger partial charge on any atom is -0.497 e. The molecule has 0 amide bonds. The van der Waals surface area contributed by atoms with Crippen LogP contribution in [0.5, 0.6) is 11.5 Å². The van der Waals surface area contributed by atoms with Crippen molar-refractivity contribution in [2.75, 3.05) is 20.8 Å². The van der Waals surface area contributed by atoms with Gasteiger partial charge in [0, 0.05) is 22.5 Å². The number of carbonyl (C=O) groups excluding carboxylic acids is 2. The molecule has 0 heterocycles. The van der Waals surface area contributed by atoms with Crippen molar-refractivity contribution in [1.29, 1.82) is 0 Å². The fraction of sp³-hybridized carbons (Fsp3) is 0.263. The summed E-state index contributed by atoms with van der Waals surface area (Å²) in [6, 6.07) is 12.3. The van der Waals surface area contributed by atoms with Gasteiger partial charge in [0.05, 0.1) is 14.2 Å². The topological polar surface area (TPSA) is 61.8 Å². The molecule has 0 aliphatic heterocycles. The molecule has 0 aliphatic rings. The lowest BCUT2D eigenvalue weighted by Gasteiger charge is -2.08. The van der Waals surface area contributed by atoms with Crippen molar-refractivity contribution < 1.29 is 23.8 Å². The molecule has 0 unspecified atom stereocenters.